The van der Waals surface area contributed by atoms with Gasteiger partial charge in [-0.3, -0.25) is 4.68 Å². The van der Waals surface area contributed by atoms with Gasteiger partial charge in [-0.25, -0.2) is 13.1 Å². The van der Waals surface area contributed by atoms with Crippen molar-refractivity contribution in [3.8, 4) is 0 Å². The summed E-state index contributed by atoms with van der Waals surface area (Å²) in [4.78, 5) is 0. The lowest BCUT2D eigenvalue weighted by atomic mass is 10.2. The molecule has 0 saturated carbocycles. The van der Waals surface area contributed by atoms with Gasteiger partial charge >= 0.3 is 0 Å². The number of hydrogen-bond donors (Lipinski definition) is 2. The summed E-state index contributed by atoms with van der Waals surface area (Å²) in [6, 6.07) is 0. The van der Waals surface area contributed by atoms with Gasteiger partial charge in [0.25, 0.3) is 0 Å². The quantitative estimate of drug-likeness (QED) is 0.741. The summed E-state index contributed by atoms with van der Waals surface area (Å²) in [5, 5.41) is 4.24. The number of aromatic nitrogens is 2. The maximum atomic E-state index is 11.6. The minimum Gasteiger partial charge on any atom is -0.330 e. The van der Waals surface area contributed by atoms with E-state index in [9.17, 15) is 8.42 Å². The zero-order chi connectivity index (χ0) is 13.1. The van der Waals surface area contributed by atoms with Gasteiger partial charge in [0.2, 0.25) is 10.0 Å². The van der Waals surface area contributed by atoms with E-state index in [1.54, 1.807) is 4.68 Å². The van der Waals surface area contributed by atoms with E-state index in [-0.39, 0.29) is 5.75 Å². The monoisotopic (exact) mass is 260 g/mol. The molecule has 3 N–H and O–H groups in total. The molecule has 0 radical (unpaired) electrons. The Bertz CT molecular complexity index is 479. The molecule has 1 aromatic rings. The number of sulfonamides is 1. The smallest absolute Gasteiger partial charge is 0.211 e. The Kier molecular flexibility index (Phi) is 4.67. The van der Waals surface area contributed by atoms with Gasteiger partial charge in [0.1, 0.15) is 0 Å². The molecule has 1 rings (SSSR count). The van der Waals surface area contributed by atoms with E-state index in [1.165, 1.54) is 0 Å². The van der Waals surface area contributed by atoms with Crippen molar-refractivity contribution in [1.29, 1.82) is 0 Å². The van der Waals surface area contributed by atoms with Gasteiger partial charge in [0.15, 0.2) is 0 Å². The van der Waals surface area contributed by atoms with Gasteiger partial charge in [-0.05, 0) is 26.8 Å². The second kappa shape index (κ2) is 5.61. The molecule has 0 aliphatic rings. The maximum Gasteiger partial charge on any atom is 0.211 e. The molecule has 0 amide bonds. The lowest BCUT2D eigenvalue weighted by molar-refractivity contribution is 0.578. The zero-order valence-corrected chi connectivity index (χ0v) is 11.3. The summed E-state index contributed by atoms with van der Waals surface area (Å²) >= 11 is 0. The van der Waals surface area contributed by atoms with Crippen LogP contribution >= 0.6 is 0 Å². The van der Waals surface area contributed by atoms with Gasteiger partial charge in [-0.15, -0.1) is 0 Å². The summed E-state index contributed by atoms with van der Waals surface area (Å²) in [5.74, 6) is 0.0713. The minimum atomic E-state index is -3.23. The van der Waals surface area contributed by atoms with Crippen molar-refractivity contribution < 1.29 is 8.42 Å². The molecule has 0 spiro atoms. The highest BCUT2D eigenvalue weighted by Crippen LogP contribution is 2.11. The van der Waals surface area contributed by atoms with E-state index in [0.717, 1.165) is 17.0 Å². The molecule has 0 fully saturated rings. The van der Waals surface area contributed by atoms with Crippen LogP contribution in [0.3, 0.4) is 0 Å². The van der Waals surface area contributed by atoms with E-state index in [4.69, 9.17) is 5.73 Å². The molecule has 0 aliphatic carbocycles. The summed E-state index contributed by atoms with van der Waals surface area (Å²) in [5.41, 5.74) is 8.05. The van der Waals surface area contributed by atoms with Crippen molar-refractivity contribution >= 4 is 10.0 Å². The summed E-state index contributed by atoms with van der Waals surface area (Å²) in [6.45, 7) is 4.46. The molecule has 7 heteroatoms. The van der Waals surface area contributed by atoms with Gasteiger partial charge in [-0.2, -0.15) is 5.10 Å². The van der Waals surface area contributed by atoms with Crippen molar-refractivity contribution in [3.05, 3.63) is 17.0 Å². The molecule has 0 aromatic carbocycles. The molecule has 0 aliphatic heterocycles. The first kappa shape index (κ1) is 14.1. The van der Waals surface area contributed by atoms with E-state index in [1.807, 2.05) is 20.9 Å². The molecular weight excluding hydrogens is 240 g/mol. The second-order valence-corrected chi connectivity index (χ2v) is 5.98. The highest BCUT2D eigenvalue weighted by atomic mass is 32.2. The standard InChI is InChI=1S/C10H20N4O2S/c1-8-10(9(2)14(3)13-8)7-12-17(15,16)6-4-5-11/h12H,4-7,11H2,1-3H3. The van der Waals surface area contributed by atoms with Crippen LogP contribution in [0.1, 0.15) is 23.4 Å². The fourth-order valence-electron chi connectivity index (χ4n) is 1.60. The van der Waals surface area contributed by atoms with Crippen molar-refractivity contribution in [3.63, 3.8) is 0 Å². The van der Waals surface area contributed by atoms with Crippen LogP contribution in [0.15, 0.2) is 0 Å². The molecule has 1 aromatic heterocycles. The molecule has 0 unspecified atom stereocenters. The number of nitrogens with zero attached hydrogens (tertiary/aromatic N) is 2. The number of hydrogen-bond acceptors (Lipinski definition) is 4. The lowest BCUT2D eigenvalue weighted by Gasteiger charge is -2.06. The van der Waals surface area contributed by atoms with Gasteiger partial charge in [0.05, 0.1) is 11.4 Å². The third kappa shape index (κ3) is 3.79. The fourth-order valence-corrected chi connectivity index (χ4v) is 2.66. The van der Waals surface area contributed by atoms with Crippen LogP contribution in [0.4, 0.5) is 0 Å². The van der Waals surface area contributed by atoms with Crippen molar-refractivity contribution in [2.75, 3.05) is 12.3 Å². The van der Waals surface area contributed by atoms with E-state index < -0.39 is 10.0 Å². The summed E-state index contributed by atoms with van der Waals surface area (Å²) in [6.07, 6.45) is 0.473. The van der Waals surface area contributed by atoms with Crippen molar-refractivity contribution in [2.24, 2.45) is 12.8 Å². The second-order valence-electron chi connectivity index (χ2n) is 4.06. The van der Waals surface area contributed by atoms with Crippen molar-refractivity contribution in [1.82, 2.24) is 14.5 Å². The van der Waals surface area contributed by atoms with Crippen LogP contribution < -0.4 is 10.5 Å². The minimum absolute atomic E-state index is 0.0713. The van der Waals surface area contributed by atoms with Crippen LogP contribution in [-0.4, -0.2) is 30.5 Å². The molecule has 0 bridgehead atoms. The number of rotatable bonds is 6. The summed E-state index contributed by atoms with van der Waals surface area (Å²) < 4.78 is 27.5. The van der Waals surface area contributed by atoms with Crippen LogP contribution in [0, 0.1) is 13.8 Å². The molecule has 0 atom stereocenters. The zero-order valence-electron chi connectivity index (χ0n) is 10.5. The maximum absolute atomic E-state index is 11.6. The topological polar surface area (TPSA) is 90.0 Å². The Hall–Kier alpha value is -0.920. The average Bonchev–Trinajstić information content (AvgIpc) is 2.48. The molecule has 98 valence electrons. The van der Waals surface area contributed by atoms with Crippen LogP contribution in [0.5, 0.6) is 0 Å². The predicted molar refractivity (Wildman–Crippen MR) is 67.0 cm³/mol. The van der Waals surface area contributed by atoms with E-state index in [2.05, 4.69) is 9.82 Å². The van der Waals surface area contributed by atoms with Crippen LogP contribution in [0.2, 0.25) is 0 Å². The largest absolute Gasteiger partial charge is 0.330 e. The molecular formula is C10H20N4O2S. The first-order valence-corrected chi connectivity index (χ1v) is 7.19. The molecule has 1 heterocycles. The Labute approximate surface area is 102 Å². The van der Waals surface area contributed by atoms with E-state index in [0.29, 0.717) is 19.5 Å². The lowest BCUT2D eigenvalue weighted by Crippen LogP contribution is -2.27. The first-order chi connectivity index (χ1) is 7.87. The summed E-state index contributed by atoms with van der Waals surface area (Å²) in [7, 11) is -1.39. The highest BCUT2D eigenvalue weighted by Gasteiger charge is 2.13. The van der Waals surface area contributed by atoms with Crippen LogP contribution in [-0.2, 0) is 23.6 Å². The third-order valence-electron chi connectivity index (χ3n) is 2.74. The number of nitrogens with one attached hydrogen (secondary N) is 1. The Morgan fingerprint density at radius 1 is 1.41 bits per heavy atom. The third-order valence-corrected chi connectivity index (χ3v) is 4.16. The van der Waals surface area contributed by atoms with Gasteiger partial charge in [-0.1, -0.05) is 0 Å². The Balaban J connectivity index is 2.67. The number of aryl methyl sites for hydroxylation is 2. The SMILES string of the molecule is Cc1nn(C)c(C)c1CNS(=O)(=O)CCCN. The average molecular weight is 260 g/mol. The van der Waals surface area contributed by atoms with E-state index >= 15 is 0 Å². The predicted octanol–water partition coefficient (Wildman–Crippen LogP) is -0.195. The normalized spacial score (nSPS) is 12.0. The van der Waals surface area contributed by atoms with Gasteiger partial charge < -0.3 is 5.73 Å². The van der Waals surface area contributed by atoms with Crippen molar-refractivity contribution in [2.45, 2.75) is 26.8 Å². The fraction of sp³-hybridized carbons (Fsp3) is 0.700. The molecule has 0 saturated heterocycles. The first-order valence-electron chi connectivity index (χ1n) is 5.54. The Morgan fingerprint density at radius 3 is 2.53 bits per heavy atom. The van der Waals surface area contributed by atoms with Crippen LogP contribution in [0.25, 0.3) is 0 Å². The highest BCUT2D eigenvalue weighted by molar-refractivity contribution is 7.89. The molecule has 6 nitrogen and oxygen atoms in total. The molecule has 17 heavy (non-hydrogen) atoms. The van der Waals surface area contributed by atoms with Gasteiger partial charge in [0, 0.05) is 24.8 Å². The Morgan fingerprint density at radius 2 is 2.06 bits per heavy atom. The number of nitrogens with two attached hydrogens (primary N) is 1.